The lowest BCUT2D eigenvalue weighted by Gasteiger charge is -1.95. The summed E-state index contributed by atoms with van der Waals surface area (Å²) >= 11 is 1.30. The summed E-state index contributed by atoms with van der Waals surface area (Å²) in [6.45, 7) is 3.83. The summed E-state index contributed by atoms with van der Waals surface area (Å²) in [5.74, 6) is 0.182. The van der Waals surface area contributed by atoms with Crippen LogP contribution >= 0.6 is 11.3 Å². The largest absolute Gasteiger partial charge is 0.355 e. The van der Waals surface area contributed by atoms with Crippen LogP contribution in [0.4, 0.5) is 5.13 Å². The Morgan fingerprint density at radius 1 is 1.19 bits per heavy atom. The first-order valence-corrected chi connectivity index (χ1v) is 7.09. The van der Waals surface area contributed by atoms with Gasteiger partial charge in [0, 0.05) is 11.6 Å². The van der Waals surface area contributed by atoms with Gasteiger partial charge in [0.05, 0.1) is 0 Å². The lowest BCUT2D eigenvalue weighted by atomic mass is 10.1. The van der Waals surface area contributed by atoms with Gasteiger partial charge in [-0.15, -0.1) is 10.2 Å². The Balaban J connectivity index is 1.78. The number of nitrogens with zero attached hydrogens (tertiary/aromatic N) is 3. The van der Waals surface area contributed by atoms with Gasteiger partial charge in [-0.1, -0.05) is 46.3 Å². The normalized spacial score (nSPS) is 10.6. The van der Waals surface area contributed by atoms with Gasteiger partial charge >= 0.3 is 0 Å². The highest BCUT2D eigenvalue weighted by atomic mass is 32.1. The van der Waals surface area contributed by atoms with Gasteiger partial charge in [0.25, 0.3) is 5.91 Å². The third kappa shape index (κ3) is 2.97. The molecule has 7 heteroatoms. The van der Waals surface area contributed by atoms with Crippen LogP contribution in [0.25, 0.3) is 11.3 Å². The molecule has 1 N–H and O–H groups in total. The van der Waals surface area contributed by atoms with Crippen LogP contribution < -0.4 is 5.32 Å². The molecule has 1 amide bonds. The summed E-state index contributed by atoms with van der Waals surface area (Å²) in [6, 6.07) is 9.40. The van der Waals surface area contributed by atoms with Crippen molar-refractivity contribution in [2.75, 3.05) is 5.32 Å². The van der Waals surface area contributed by atoms with Crippen LogP contribution in [0.1, 0.15) is 21.1 Å². The van der Waals surface area contributed by atoms with Crippen LogP contribution in [-0.2, 0) is 0 Å². The minimum absolute atomic E-state index is 0.207. The number of anilines is 1. The Bertz CT molecular complexity index is 776. The molecule has 0 unspecified atom stereocenters. The molecule has 0 bridgehead atoms. The zero-order valence-corrected chi connectivity index (χ0v) is 12.3. The van der Waals surface area contributed by atoms with E-state index in [0.29, 0.717) is 10.9 Å². The van der Waals surface area contributed by atoms with Crippen molar-refractivity contribution < 1.29 is 9.32 Å². The van der Waals surface area contributed by atoms with Crippen molar-refractivity contribution in [2.24, 2.45) is 0 Å². The van der Waals surface area contributed by atoms with Crippen LogP contribution in [0.5, 0.6) is 0 Å². The van der Waals surface area contributed by atoms with E-state index in [0.717, 1.165) is 16.1 Å². The number of amides is 1. The standard InChI is InChI=1S/C14H12N4O2S/c1-8-3-5-10(6-4-8)12-7-11(18-20-12)13(19)15-14-17-16-9(2)21-14/h3-7H,1-2H3,(H,15,17,19). The Labute approximate surface area is 124 Å². The first-order chi connectivity index (χ1) is 10.1. The van der Waals surface area contributed by atoms with Gasteiger partial charge in [-0.25, -0.2) is 0 Å². The molecular weight excluding hydrogens is 288 g/mol. The number of carbonyl (C=O) groups is 1. The second kappa shape index (κ2) is 5.45. The van der Waals surface area contributed by atoms with Crippen molar-refractivity contribution in [1.29, 1.82) is 0 Å². The predicted molar refractivity (Wildman–Crippen MR) is 79.3 cm³/mol. The van der Waals surface area contributed by atoms with Crippen molar-refractivity contribution in [1.82, 2.24) is 15.4 Å². The lowest BCUT2D eigenvalue weighted by molar-refractivity contribution is 0.101. The smallest absolute Gasteiger partial charge is 0.279 e. The minimum Gasteiger partial charge on any atom is -0.355 e. The molecule has 2 heterocycles. The zero-order valence-electron chi connectivity index (χ0n) is 11.5. The molecule has 0 atom stereocenters. The van der Waals surface area contributed by atoms with Gasteiger partial charge in [-0.3, -0.25) is 10.1 Å². The number of hydrogen-bond donors (Lipinski definition) is 1. The fourth-order valence-electron chi connectivity index (χ4n) is 1.74. The average Bonchev–Trinajstić information content (AvgIpc) is 3.09. The average molecular weight is 300 g/mol. The van der Waals surface area contributed by atoms with E-state index in [4.69, 9.17) is 4.52 Å². The van der Waals surface area contributed by atoms with Crippen molar-refractivity contribution >= 4 is 22.4 Å². The number of benzene rings is 1. The molecule has 1 aromatic carbocycles. The van der Waals surface area contributed by atoms with Crippen molar-refractivity contribution in [3.63, 3.8) is 0 Å². The highest BCUT2D eigenvalue weighted by Crippen LogP contribution is 2.21. The summed E-state index contributed by atoms with van der Waals surface area (Å²) < 4.78 is 5.21. The van der Waals surface area contributed by atoms with E-state index in [1.54, 1.807) is 6.07 Å². The van der Waals surface area contributed by atoms with E-state index >= 15 is 0 Å². The summed E-state index contributed by atoms with van der Waals surface area (Å²) in [5.41, 5.74) is 2.24. The Hall–Kier alpha value is -2.54. The van der Waals surface area contributed by atoms with E-state index in [9.17, 15) is 4.79 Å². The van der Waals surface area contributed by atoms with Gasteiger partial charge < -0.3 is 4.52 Å². The topological polar surface area (TPSA) is 80.9 Å². The van der Waals surface area contributed by atoms with Gasteiger partial charge in [-0.05, 0) is 13.8 Å². The van der Waals surface area contributed by atoms with Crippen molar-refractivity contribution in [2.45, 2.75) is 13.8 Å². The van der Waals surface area contributed by atoms with E-state index in [2.05, 4.69) is 20.7 Å². The maximum absolute atomic E-state index is 12.0. The second-order valence-corrected chi connectivity index (χ2v) is 5.70. The molecule has 0 aliphatic carbocycles. The van der Waals surface area contributed by atoms with Crippen LogP contribution in [-0.4, -0.2) is 21.3 Å². The van der Waals surface area contributed by atoms with Gasteiger partial charge in [0.1, 0.15) is 5.01 Å². The molecule has 0 aliphatic rings. The Kier molecular flexibility index (Phi) is 3.49. The Morgan fingerprint density at radius 3 is 2.62 bits per heavy atom. The highest BCUT2D eigenvalue weighted by molar-refractivity contribution is 7.15. The molecule has 0 aliphatic heterocycles. The van der Waals surface area contributed by atoms with E-state index in [1.807, 2.05) is 38.1 Å². The molecular formula is C14H12N4O2S. The Morgan fingerprint density at radius 2 is 1.95 bits per heavy atom. The monoisotopic (exact) mass is 300 g/mol. The van der Waals surface area contributed by atoms with Crippen LogP contribution in [0.15, 0.2) is 34.9 Å². The van der Waals surface area contributed by atoms with Crippen LogP contribution in [0, 0.1) is 13.8 Å². The maximum atomic E-state index is 12.0. The number of aryl methyl sites for hydroxylation is 2. The summed E-state index contributed by atoms with van der Waals surface area (Å²) in [7, 11) is 0. The molecule has 3 aromatic rings. The third-order valence-electron chi connectivity index (χ3n) is 2.83. The van der Waals surface area contributed by atoms with Crippen LogP contribution in [0.3, 0.4) is 0 Å². The number of aromatic nitrogens is 3. The number of nitrogens with one attached hydrogen (secondary N) is 1. The minimum atomic E-state index is -0.367. The predicted octanol–water partition coefficient (Wildman–Crippen LogP) is 3.06. The molecule has 0 spiro atoms. The van der Waals surface area contributed by atoms with Crippen LogP contribution in [0.2, 0.25) is 0 Å². The van der Waals surface area contributed by atoms with Gasteiger partial charge in [0.15, 0.2) is 11.5 Å². The molecule has 0 saturated heterocycles. The zero-order chi connectivity index (χ0) is 14.8. The van der Waals surface area contributed by atoms with E-state index in [-0.39, 0.29) is 11.6 Å². The molecule has 106 valence electrons. The highest BCUT2D eigenvalue weighted by Gasteiger charge is 2.15. The van der Waals surface area contributed by atoms with Gasteiger partial charge in [0.2, 0.25) is 5.13 Å². The maximum Gasteiger partial charge on any atom is 0.279 e. The quantitative estimate of drug-likeness (QED) is 0.804. The fraction of sp³-hybridized carbons (Fsp3) is 0.143. The van der Waals surface area contributed by atoms with Crippen molar-refractivity contribution in [3.05, 3.63) is 46.6 Å². The molecule has 6 nitrogen and oxygen atoms in total. The molecule has 0 fully saturated rings. The molecule has 2 aromatic heterocycles. The summed E-state index contributed by atoms with van der Waals surface area (Å²) in [4.78, 5) is 12.0. The number of rotatable bonds is 3. The molecule has 0 radical (unpaired) electrons. The fourth-order valence-corrected chi connectivity index (χ4v) is 2.33. The second-order valence-electron chi connectivity index (χ2n) is 4.52. The summed E-state index contributed by atoms with van der Waals surface area (Å²) in [5, 5.41) is 15.3. The third-order valence-corrected chi connectivity index (χ3v) is 3.58. The molecule has 21 heavy (non-hydrogen) atoms. The van der Waals surface area contributed by atoms with E-state index < -0.39 is 0 Å². The SMILES string of the molecule is Cc1ccc(-c2cc(C(=O)Nc3nnc(C)s3)no2)cc1. The first kappa shape index (κ1) is 13.4. The molecule has 0 saturated carbocycles. The first-order valence-electron chi connectivity index (χ1n) is 6.27. The number of hydrogen-bond acceptors (Lipinski definition) is 6. The molecule has 3 rings (SSSR count). The van der Waals surface area contributed by atoms with Gasteiger partial charge in [-0.2, -0.15) is 0 Å². The lowest BCUT2D eigenvalue weighted by Crippen LogP contribution is -2.11. The van der Waals surface area contributed by atoms with Crippen molar-refractivity contribution in [3.8, 4) is 11.3 Å². The number of carbonyl (C=O) groups excluding carboxylic acids is 1. The van der Waals surface area contributed by atoms with E-state index in [1.165, 1.54) is 11.3 Å². The summed E-state index contributed by atoms with van der Waals surface area (Å²) in [6.07, 6.45) is 0.